The number of methoxy groups -OCH3 is 1. The number of benzene rings is 3. The summed E-state index contributed by atoms with van der Waals surface area (Å²) in [7, 11) is 5.53. The van der Waals surface area contributed by atoms with Gasteiger partial charge in [-0.1, -0.05) is 35.9 Å². The highest BCUT2D eigenvalue weighted by Crippen LogP contribution is 2.49. The minimum absolute atomic E-state index is 0.342. The molecule has 3 aromatic carbocycles. The van der Waals surface area contributed by atoms with E-state index in [0.717, 1.165) is 11.3 Å². The minimum Gasteiger partial charge on any atom is -0.496 e. The van der Waals surface area contributed by atoms with E-state index in [1.807, 2.05) is 61.5 Å². The summed E-state index contributed by atoms with van der Waals surface area (Å²) in [6, 6.07) is 20.6. The molecule has 40 heavy (non-hydrogen) atoms. The van der Waals surface area contributed by atoms with Gasteiger partial charge in [-0.2, -0.15) is 0 Å². The molecule has 3 aromatic heterocycles. The maximum Gasteiger partial charge on any atom is 0.344 e. The Morgan fingerprint density at radius 2 is 1.82 bits per heavy atom. The zero-order valence-corrected chi connectivity index (χ0v) is 22.5. The first-order chi connectivity index (χ1) is 19.4. The summed E-state index contributed by atoms with van der Waals surface area (Å²) in [6.07, 6.45) is 1.55. The molecule has 0 amide bonds. The fourth-order valence-electron chi connectivity index (χ4n) is 5.20. The van der Waals surface area contributed by atoms with Gasteiger partial charge in [-0.3, -0.25) is 0 Å². The van der Waals surface area contributed by atoms with Crippen molar-refractivity contribution in [1.82, 2.24) is 19.6 Å². The van der Waals surface area contributed by atoms with Crippen LogP contribution in [0, 0.1) is 0 Å². The average molecular weight is 552 g/mol. The highest BCUT2D eigenvalue weighted by molar-refractivity contribution is 6.30. The third-order valence-electron chi connectivity index (χ3n) is 7.11. The van der Waals surface area contributed by atoms with Crippen LogP contribution in [0.3, 0.4) is 0 Å². The van der Waals surface area contributed by atoms with Crippen LogP contribution in [0.25, 0.3) is 28.0 Å². The molecule has 198 valence electrons. The lowest BCUT2D eigenvalue weighted by Gasteiger charge is -2.27. The van der Waals surface area contributed by atoms with Crippen molar-refractivity contribution in [3.8, 4) is 28.8 Å². The molecule has 6 aromatic rings. The molecular formula is C30H22ClN5O4. The molecule has 0 bridgehead atoms. The first-order valence-corrected chi connectivity index (χ1v) is 12.9. The van der Waals surface area contributed by atoms with Crippen LogP contribution in [0.4, 0.5) is 5.69 Å². The van der Waals surface area contributed by atoms with Gasteiger partial charge >= 0.3 is 5.63 Å². The SMILES string of the molecule is COc1ccc(Cl)cc1-c1nc2c3c(ncn2n1)Oc1c(c(=O)oc2ccccc12)C3c1ccc(N(C)C)cc1. The van der Waals surface area contributed by atoms with Gasteiger partial charge in [0, 0.05) is 24.8 Å². The summed E-state index contributed by atoms with van der Waals surface area (Å²) in [6.45, 7) is 0. The van der Waals surface area contributed by atoms with Crippen LogP contribution in [0.15, 0.2) is 82.3 Å². The van der Waals surface area contributed by atoms with Crippen LogP contribution in [-0.2, 0) is 0 Å². The lowest BCUT2D eigenvalue weighted by atomic mass is 9.84. The van der Waals surface area contributed by atoms with Gasteiger partial charge in [-0.25, -0.2) is 19.3 Å². The maximum atomic E-state index is 13.6. The number of fused-ring (bicyclic) bond motifs is 6. The molecule has 7 rings (SSSR count). The largest absolute Gasteiger partial charge is 0.496 e. The maximum absolute atomic E-state index is 13.6. The molecule has 0 saturated heterocycles. The van der Waals surface area contributed by atoms with Crippen molar-refractivity contribution < 1.29 is 13.9 Å². The molecule has 1 aliphatic rings. The van der Waals surface area contributed by atoms with E-state index in [0.29, 0.717) is 61.5 Å². The first kappa shape index (κ1) is 24.2. The van der Waals surface area contributed by atoms with E-state index in [4.69, 9.17) is 30.5 Å². The lowest BCUT2D eigenvalue weighted by molar-refractivity contribution is 0.416. The number of para-hydroxylation sites is 1. The van der Waals surface area contributed by atoms with Gasteiger partial charge < -0.3 is 18.8 Å². The van der Waals surface area contributed by atoms with Crippen LogP contribution >= 0.6 is 11.6 Å². The highest BCUT2D eigenvalue weighted by atomic mass is 35.5. The van der Waals surface area contributed by atoms with Crippen molar-refractivity contribution in [3.63, 3.8) is 0 Å². The van der Waals surface area contributed by atoms with E-state index in [1.54, 1.807) is 42.2 Å². The number of ether oxygens (including phenoxy) is 2. The number of halogens is 1. The number of aromatic nitrogens is 4. The molecule has 0 aliphatic carbocycles. The predicted molar refractivity (Wildman–Crippen MR) is 152 cm³/mol. The van der Waals surface area contributed by atoms with Crippen molar-refractivity contribution in [2.24, 2.45) is 0 Å². The average Bonchev–Trinajstić information content (AvgIpc) is 3.41. The topological polar surface area (TPSA) is 95.0 Å². The normalized spacial score (nSPS) is 14.1. The van der Waals surface area contributed by atoms with Gasteiger partial charge in [-0.15, -0.1) is 5.10 Å². The molecule has 0 spiro atoms. The number of nitrogens with zero attached hydrogens (tertiary/aromatic N) is 5. The zero-order valence-electron chi connectivity index (χ0n) is 21.8. The highest BCUT2D eigenvalue weighted by Gasteiger charge is 2.37. The van der Waals surface area contributed by atoms with Crippen molar-refractivity contribution in [1.29, 1.82) is 0 Å². The monoisotopic (exact) mass is 551 g/mol. The van der Waals surface area contributed by atoms with Crippen molar-refractivity contribution in [2.45, 2.75) is 5.92 Å². The second-order valence-electron chi connectivity index (χ2n) is 9.66. The van der Waals surface area contributed by atoms with Gasteiger partial charge in [0.05, 0.1) is 35.1 Å². The first-order valence-electron chi connectivity index (χ1n) is 12.5. The Balaban J connectivity index is 1.52. The molecule has 9 nitrogen and oxygen atoms in total. The van der Waals surface area contributed by atoms with Crippen LogP contribution in [-0.4, -0.2) is 40.8 Å². The molecule has 1 atom stereocenters. The Morgan fingerprint density at radius 1 is 1.02 bits per heavy atom. The zero-order chi connectivity index (χ0) is 27.5. The van der Waals surface area contributed by atoms with Gasteiger partial charge in [0.1, 0.15) is 17.7 Å². The van der Waals surface area contributed by atoms with Gasteiger partial charge in [-0.05, 0) is 48.0 Å². The molecule has 0 radical (unpaired) electrons. The van der Waals surface area contributed by atoms with E-state index in [2.05, 4.69) is 10.1 Å². The predicted octanol–water partition coefficient (Wildman–Crippen LogP) is 5.91. The Labute approximate surface area is 233 Å². The third-order valence-corrected chi connectivity index (χ3v) is 7.34. The molecule has 10 heteroatoms. The number of rotatable bonds is 4. The van der Waals surface area contributed by atoms with Crippen LogP contribution in [0.5, 0.6) is 17.4 Å². The molecule has 0 saturated carbocycles. The van der Waals surface area contributed by atoms with Crippen molar-refractivity contribution in [3.05, 3.63) is 105 Å². The number of anilines is 1. The minimum atomic E-state index is -0.578. The quantitative estimate of drug-likeness (QED) is 0.249. The third kappa shape index (κ3) is 3.70. The van der Waals surface area contributed by atoms with Crippen molar-refractivity contribution >= 4 is 33.9 Å². The summed E-state index contributed by atoms with van der Waals surface area (Å²) in [4.78, 5) is 25.1. The van der Waals surface area contributed by atoms with Gasteiger partial charge in [0.25, 0.3) is 0 Å². The van der Waals surface area contributed by atoms with E-state index in [-0.39, 0.29) is 0 Å². The second-order valence-corrected chi connectivity index (χ2v) is 10.1. The smallest absolute Gasteiger partial charge is 0.344 e. The Kier molecular flexibility index (Phi) is 5.50. The number of hydrogen-bond acceptors (Lipinski definition) is 8. The van der Waals surface area contributed by atoms with Crippen LogP contribution < -0.4 is 20.0 Å². The summed E-state index contributed by atoms with van der Waals surface area (Å²) in [5, 5.41) is 5.88. The summed E-state index contributed by atoms with van der Waals surface area (Å²) in [5.74, 6) is 1.16. The Bertz CT molecular complexity index is 2000. The van der Waals surface area contributed by atoms with Crippen LogP contribution in [0.1, 0.15) is 22.6 Å². The molecule has 4 heterocycles. The van der Waals surface area contributed by atoms with E-state index >= 15 is 0 Å². The number of hydrogen-bond donors (Lipinski definition) is 0. The van der Waals surface area contributed by atoms with E-state index < -0.39 is 11.5 Å². The standard InChI is InChI=1S/C30H22ClN5O4/c1-35(2)18-11-8-16(9-12-18)23-24-26(19-6-4-5-7-22(19)39-30(24)37)40-29-25(23)28-33-27(34-36(28)15-32-29)20-14-17(31)10-13-21(20)38-3/h4-15,23H,1-3H3. The fraction of sp³-hybridized carbons (Fsp3) is 0.133. The Morgan fingerprint density at radius 3 is 2.60 bits per heavy atom. The van der Waals surface area contributed by atoms with E-state index in [1.165, 1.54) is 0 Å². The van der Waals surface area contributed by atoms with Crippen molar-refractivity contribution in [2.75, 3.05) is 26.1 Å². The van der Waals surface area contributed by atoms with E-state index in [9.17, 15) is 4.79 Å². The van der Waals surface area contributed by atoms with Crippen LogP contribution in [0.2, 0.25) is 5.02 Å². The Hall–Kier alpha value is -4.89. The molecule has 0 fully saturated rings. The molecular weight excluding hydrogens is 530 g/mol. The molecule has 1 aliphatic heterocycles. The summed E-state index contributed by atoms with van der Waals surface area (Å²) < 4.78 is 19.3. The lowest BCUT2D eigenvalue weighted by Crippen LogP contribution is -2.22. The summed E-state index contributed by atoms with van der Waals surface area (Å²) in [5.41, 5.74) is 3.94. The van der Waals surface area contributed by atoms with Gasteiger partial charge in [0.2, 0.25) is 5.88 Å². The summed E-state index contributed by atoms with van der Waals surface area (Å²) >= 11 is 6.30. The molecule has 0 N–H and O–H groups in total. The van der Waals surface area contributed by atoms with Gasteiger partial charge in [0.15, 0.2) is 17.2 Å². The second kappa shape index (κ2) is 9.10. The molecule has 1 unspecified atom stereocenters. The fourth-order valence-corrected chi connectivity index (χ4v) is 5.37.